The van der Waals surface area contributed by atoms with E-state index >= 15 is 0 Å². The molecule has 1 saturated carbocycles. The first-order valence-electron chi connectivity index (χ1n) is 10.9. The van der Waals surface area contributed by atoms with E-state index in [2.05, 4.69) is 33.1 Å². The van der Waals surface area contributed by atoms with E-state index in [1.165, 1.54) is 12.5 Å². The second-order valence-electron chi connectivity index (χ2n) is 8.23. The van der Waals surface area contributed by atoms with Gasteiger partial charge >= 0.3 is 0 Å². The van der Waals surface area contributed by atoms with Gasteiger partial charge in [-0.25, -0.2) is 4.98 Å². The molecule has 2 heterocycles. The molecule has 0 spiro atoms. The standard InChI is InChI=1S/C24H25ClN4O3S/c1-15(30)26-10-11-27-22(17-4-2-3-5-18(17)25)21-13-28-23(33-21)29-24(8-9-24)16-6-7-19-20(12-16)32-14-31-19/h2-7,12-13,22,27H,8-11,14H2,1H3,(H,26,30)(H,28,29). The topological polar surface area (TPSA) is 84.5 Å². The van der Waals surface area contributed by atoms with E-state index in [-0.39, 0.29) is 24.3 Å². The van der Waals surface area contributed by atoms with Gasteiger partial charge in [-0.15, -0.1) is 11.3 Å². The fourth-order valence-electron chi connectivity index (χ4n) is 4.02. The van der Waals surface area contributed by atoms with Crippen LogP contribution in [-0.4, -0.2) is 30.8 Å². The highest BCUT2D eigenvalue weighted by Crippen LogP contribution is 2.51. The van der Waals surface area contributed by atoms with Crippen LogP contribution in [0.15, 0.2) is 48.7 Å². The van der Waals surface area contributed by atoms with Gasteiger partial charge in [0, 0.05) is 36.1 Å². The fourth-order valence-corrected chi connectivity index (χ4v) is 5.27. The number of benzene rings is 2. The Kier molecular flexibility index (Phi) is 6.14. The normalized spacial score (nSPS) is 16.3. The lowest BCUT2D eigenvalue weighted by Gasteiger charge is -2.19. The number of aromatic nitrogens is 1. The quantitative estimate of drug-likeness (QED) is 0.389. The molecule has 7 nitrogen and oxygen atoms in total. The van der Waals surface area contributed by atoms with Gasteiger partial charge in [0.15, 0.2) is 16.6 Å². The summed E-state index contributed by atoms with van der Waals surface area (Å²) >= 11 is 8.13. The van der Waals surface area contributed by atoms with E-state index in [0.29, 0.717) is 18.1 Å². The second kappa shape index (κ2) is 9.21. The van der Waals surface area contributed by atoms with Crippen molar-refractivity contribution in [2.75, 3.05) is 25.2 Å². The molecular weight excluding hydrogens is 460 g/mol. The lowest BCUT2D eigenvalue weighted by molar-refractivity contribution is -0.118. The number of hydrogen-bond acceptors (Lipinski definition) is 7. The van der Waals surface area contributed by atoms with Gasteiger partial charge in [0.05, 0.1) is 11.6 Å². The van der Waals surface area contributed by atoms with Gasteiger partial charge in [-0.2, -0.15) is 0 Å². The lowest BCUT2D eigenvalue weighted by atomic mass is 10.0. The number of hydrogen-bond donors (Lipinski definition) is 3. The van der Waals surface area contributed by atoms with Crippen LogP contribution in [0.2, 0.25) is 5.02 Å². The molecule has 172 valence electrons. The molecule has 1 fully saturated rings. The van der Waals surface area contributed by atoms with Crippen molar-refractivity contribution in [2.45, 2.75) is 31.3 Å². The van der Waals surface area contributed by atoms with E-state index < -0.39 is 0 Å². The number of rotatable bonds is 9. The monoisotopic (exact) mass is 484 g/mol. The Bertz CT molecular complexity index is 1160. The zero-order valence-corrected chi connectivity index (χ0v) is 19.8. The zero-order chi connectivity index (χ0) is 22.8. The third-order valence-corrected chi connectivity index (χ3v) is 7.21. The minimum absolute atomic E-state index is 0.0476. The zero-order valence-electron chi connectivity index (χ0n) is 18.2. The van der Waals surface area contributed by atoms with Crippen LogP contribution in [0.25, 0.3) is 0 Å². The third-order valence-electron chi connectivity index (χ3n) is 5.89. The average Bonchev–Trinajstić information content (AvgIpc) is 3.20. The van der Waals surface area contributed by atoms with Crippen molar-refractivity contribution >= 4 is 34.0 Å². The van der Waals surface area contributed by atoms with Crippen molar-refractivity contribution in [2.24, 2.45) is 0 Å². The van der Waals surface area contributed by atoms with E-state index in [9.17, 15) is 4.79 Å². The van der Waals surface area contributed by atoms with Gasteiger partial charge in [-0.1, -0.05) is 35.9 Å². The first-order chi connectivity index (χ1) is 16.0. The molecule has 3 aromatic rings. The van der Waals surface area contributed by atoms with Gasteiger partial charge in [-0.05, 0) is 42.2 Å². The van der Waals surface area contributed by atoms with E-state index in [4.69, 9.17) is 21.1 Å². The minimum Gasteiger partial charge on any atom is -0.454 e. The lowest BCUT2D eigenvalue weighted by Crippen LogP contribution is -2.32. The third kappa shape index (κ3) is 4.78. The molecule has 1 amide bonds. The number of fused-ring (bicyclic) bond motifs is 1. The van der Waals surface area contributed by atoms with Gasteiger partial charge in [-0.3, -0.25) is 4.79 Å². The Balaban J connectivity index is 1.34. The van der Waals surface area contributed by atoms with Crippen LogP contribution in [0, 0.1) is 0 Å². The molecule has 33 heavy (non-hydrogen) atoms. The second-order valence-corrected chi connectivity index (χ2v) is 9.70. The van der Waals surface area contributed by atoms with Crippen LogP contribution < -0.4 is 25.4 Å². The SMILES string of the molecule is CC(=O)NCCNC(c1cnc(NC2(c3ccc4c(c3)OCO4)CC2)s1)c1ccccc1Cl. The number of amides is 1. The molecule has 1 aliphatic carbocycles. The van der Waals surface area contributed by atoms with Crippen LogP contribution in [0.4, 0.5) is 5.13 Å². The summed E-state index contributed by atoms with van der Waals surface area (Å²) in [6.45, 7) is 2.93. The highest BCUT2D eigenvalue weighted by atomic mass is 35.5. The summed E-state index contributed by atoms with van der Waals surface area (Å²) in [5, 5.41) is 11.5. The largest absolute Gasteiger partial charge is 0.454 e. The molecule has 5 rings (SSSR count). The maximum Gasteiger partial charge on any atom is 0.231 e. The fraction of sp³-hybridized carbons (Fsp3) is 0.333. The van der Waals surface area contributed by atoms with Crippen LogP contribution in [0.3, 0.4) is 0 Å². The summed E-state index contributed by atoms with van der Waals surface area (Å²) < 4.78 is 11.0. The van der Waals surface area contributed by atoms with Crippen LogP contribution in [-0.2, 0) is 10.3 Å². The maximum absolute atomic E-state index is 11.2. The predicted octanol–water partition coefficient (Wildman–Crippen LogP) is 4.44. The molecule has 0 saturated heterocycles. The Hall–Kier alpha value is -2.81. The highest BCUT2D eigenvalue weighted by molar-refractivity contribution is 7.15. The Labute approximate surface area is 201 Å². The molecule has 2 aliphatic rings. The van der Waals surface area contributed by atoms with Crippen LogP contribution in [0.1, 0.15) is 41.8 Å². The minimum atomic E-state index is -0.130. The predicted molar refractivity (Wildman–Crippen MR) is 129 cm³/mol. The van der Waals surface area contributed by atoms with E-state index in [1.807, 2.05) is 36.5 Å². The van der Waals surface area contributed by atoms with Crippen molar-refractivity contribution in [3.05, 3.63) is 69.7 Å². The number of thiazole rings is 1. The molecule has 1 atom stereocenters. The summed E-state index contributed by atoms with van der Waals surface area (Å²) in [6, 6.07) is 13.8. The number of nitrogens with one attached hydrogen (secondary N) is 3. The maximum atomic E-state index is 11.2. The average molecular weight is 485 g/mol. The van der Waals surface area contributed by atoms with Crippen molar-refractivity contribution in [1.29, 1.82) is 0 Å². The summed E-state index contributed by atoms with van der Waals surface area (Å²) in [5.41, 5.74) is 2.03. The number of carbonyl (C=O) groups excluding carboxylic acids is 1. The van der Waals surface area contributed by atoms with E-state index in [1.54, 1.807) is 11.3 Å². The summed E-state index contributed by atoms with van der Waals surface area (Å²) in [7, 11) is 0. The number of ether oxygens (including phenoxy) is 2. The molecule has 1 unspecified atom stereocenters. The summed E-state index contributed by atoms with van der Waals surface area (Å²) in [5.74, 6) is 1.54. The Morgan fingerprint density at radius 1 is 1.18 bits per heavy atom. The molecule has 0 radical (unpaired) electrons. The van der Waals surface area contributed by atoms with Gasteiger partial charge < -0.3 is 25.4 Å². The van der Waals surface area contributed by atoms with Crippen molar-refractivity contribution < 1.29 is 14.3 Å². The van der Waals surface area contributed by atoms with E-state index in [0.717, 1.165) is 39.9 Å². The Morgan fingerprint density at radius 3 is 2.79 bits per heavy atom. The smallest absolute Gasteiger partial charge is 0.231 e. The number of carbonyl (C=O) groups is 1. The van der Waals surface area contributed by atoms with Crippen LogP contribution in [0.5, 0.6) is 11.5 Å². The van der Waals surface area contributed by atoms with Crippen molar-refractivity contribution in [3.8, 4) is 11.5 Å². The summed E-state index contributed by atoms with van der Waals surface area (Å²) in [6.07, 6.45) is 3.96. The summed E-state index contributed by atoms with van der Waals surface area (Å²) in [4.78, 5) is 16.9. The van der Waals surface area contributed by atoms with Gasteiger partial charge in [0.2, 0.25) is 12.7 Å². The first kappa shape index (κ1) is 22.0. The highest BCUT2D eigenvalue weighted by Gasteiger charge is 2.45. The van der Waals surface area contributed by atoms with Gasteiger partial charge in [0.25, 0.3) is 0 Å². The molecule has 1 aromatic heterocycles. The molecular formula is C24H25ClN4O3S. The molecule has 0 bridgehead atoms. The number of halogens is 1. The number of nitrogens with zero attached hydrogens (tertiary/aromatic N) is 1. The van der Waals surface area contributed by atoms with Gasteiger partial charge in [0.1, 0.15) is 0 Å². The van der Waals surface area contributed by atoms with Crippen LogP contribution >= 0.6 is 22.9 Å². The first-order valence-corrected chi connectivity index (χ1v) is 12.1. The van der Waals surface area contributed by atoms with Crippen molar-refractivity contribution in [1.82, 2.24) is 15.6 Å². The molecule has 3 N–H and O–H groups in total. The Morgan fingerprint density at radius 2 is 2.00 bits per heavy atom. The van der Waals surface area contributed by atoms with Crippen molar-refractivity contribution in [3.63, 3.8) is 0 Å². The number of anilines is 1. The molecule has 9 heteroatoms. The molecule has 2 aromatic carbocycles. The molecule has 1 aliphatic heterocycles.